The number of nitro groups is 1. The Kier molecular flexibility index (Phi) is 2.68. The van der Waals surface area contributed by atoms with Gasteiger partial charge in [0.25, 0.3) is 5.69 Å². The molecule has 0 saturated heterocycles. The molecule has 0 aromatic heterocycles. The Morgan fingerprint density at radius 3 is 2.38 bits per heavy atom. The molecule has 2 aromatic rings. The largest absolute Gasteiger partial charge is 0.270 e. The number of hydrogen-bond donors (Lipinski definition) is 0. The summed E-state index contributed by atoms with van der Waals surface area (Å²) in [6.45, 7) is 3.87. The molecule has 0 spiro atoms. The van der Waals surface area contributed by atoms with Crippen LogP contribution in [-0.2, 0) is 0 Å². The Labute approximate surface area is 93.5 Å². The van der Waals surface area contributed by atoms with Crippen molar-refractivity contribution in [3.05, 3.63) is 71.1 Å². The molecular formula is C13H10NO2. The van der Waals surface area contributed by atoms with Crippen LogP contribution in [0.1, 0.15) is 5.56 Å². The molecule has 79 valence electrons. The van der Waals surface area contributed by atoms with Gasteiger partial charge in [0.2, 0.25) is 0 Å². The van der Waals surface area contributed by atoms with E-state index in [4.69, 9.17) is 0 Å². The second-order valence-electron chi connectivity index (χ2n) is 3.46. The number of nitrogens with zero attached hydrogens (tertiary/aromatic N) is 1. The van der Waals surface area contributed by atoms with E-state index in [0.29, 0.717) is 0 Å². The highest BCUT2D eigenvalue weighted by Gasteiger charge is 2.09. The van der Waals surface area contributed by atoms with E-state index in [-0.39, 0.29) is 5.69 Å². The number of nitro benzene ring substituents is 1. The van der Waals surface area contributed by atoms with E-state index < -0.39 is 4.92 Å². The highest BCUT2D eigenvalue weighted by Crippen LogP contribution is 2.27. The summed E-state index contributed by atoms with van der Waals surface area (Å²) in [6, 6.07) is 14.2. The molecule has 0 aliphatic carbocycles. The predicted octanol–water partition coefficient (Wildman–Crippen LogP) is 3.44. The minimum absolute atomic E-state index is 0.0891. The lowest BCUT2D eigenvalue weighted by Crippen LogP contribution is -1.90. The summed E-state index contributed by atoms with van der Waals surface area (Å²) in [5, 5.41) is 10.7. The fourth-order valence-electron chi connectivity index (χ4n) is 1.56. The summed E-state index contributed by atoms with van der Waals surface area (Å²) in [4.78, 5) is 10.3. The zero-order chi connectivity index (χ0) is 11.5. The molecule has 3 nitrogen and oxygen atoms in total. The second kappa shape index (κ2) is 4.14. The van der Waals surface area contributed by atoms with Gasteiger partial charge in [0.05, 0.1) is 4.92 Å². The van der Waals surface area contributed by atoms with Crippen molar-refractivity contribution in [1.82, 2.24) is 0 Å². The van der Waals surface area contributed by atoms with Crippen LogP contribution in [0.4, 0.5) is 5.69 Å². The Bertz CT molecular complexity index is 521. The Morgan fingerprint density at radius 1 is 1.06 bits per heavy atom. The monoisotopic (exact) mass is 212 g/mol. The summed E-state index contributed by atoms with van der Waals surface area (Å²) in [5.74, 6) is 0. The summed E-state index contributed by atoms with van der Waals surface area (Å²) in [5.41, 5.74) is 2.62. The molecule has 0 atom stereocenters. The van der Waals surface area contributed by atoms with Gasteiger partial charge in [0.1, 0.15) is 0 Å². The van der Waals surface area contributed by atoms with Crippen LogP contribution >= 0.6 is 0 Å². The highest BCUT2D eigenvalue weighted by atomic mass is 16.6. The molecule has 0 heterocycles. The molecule has 0 aliphatic rings. The van der Waals surface area contributed by atoms with Crippen molar-refractivity contribution < 1.29 is 4.92 Å². The van der Waals surface area contributed by atoms with Gasteiger partial charge in [-0.05, 0) is 23.6 Å². The Balaban J connectivity index is 2.56. The molecular weight excluding hydrogens is 202 g/mol. The highest BCUT2D eigenvalue weighted by molar-refractivity contribution is 5.70. The average molecular weight is 212 g/mol. The predicted molar refractivity (Wildman–Crippen MR) is 63.0 cm³/mol. The van der Waals surface area contributed by atoms with Crippen LogP contribution in [-0.4, -0.2) is 4.92 Å². The summed E-state index contributed by atoms with van der Waals surface area (Å²) in [6.07, 6.45) is 0. The van der Waals surface area contributed by atoms with Crippen molar-refractivity contribution in [3.8, 4) is 11.1 Å². The maximum Gasteiger partial charge on any atom is 0.270 e. The molecule has 0 fully saturated rings. The van der Waals surface area contributed by atoms with Crippen molar-refractivity contribution in [2.75, 3.05) is 0 Å². The van der Waals surface area contributed by atoms with Gasteiger partial charge in [-0.25, -0.2) is 0 Å². The van der Waals surface area contributed by atoms with Gasteiger partial charge in [0.15, 0.2) is 0 Å². The van der Waals surface area contributed by atoms with E-state index in [2.05, 4.69) is 6.92 Å². The summed E-state index contributed by atoms with van der Waals surface area (Å²) in [7, 11) is 0. The van der Waals surface area contributed by atoms with Gasteiger partial charge in [-0.15, -0.1) is 0 Å². The van der Waals surface area contributed by atoms with Crippen molar-refractivity contribution >= 4 is 5.69 Å². The molecule has 0 saturated carbocycles. The van der Waals surface area contributed by atoms with Gasteiger partial charge in [-0.2, -0.15) is 0 Å². The van der Waals surface area contributed by atoms with E-state index in [0.717, 1.165) is 16.7 Å². The lowest BCUT2D eigenvalue weighted by molar-refractivity contribution is -0.384. The summed E-state index contributed by atoms with van der Waals surface area (Å²) < 4.78 is 0. The molecule has 0 aliphatic heterocycles. The third kappa shape index (κ3) is 1.93. The van der Waals surface area contributed by atoms with Crippen LogP contribution in [0.3, 0.4) is 0 Å². The van der Waals surface area contributed by atoms with Crippen LogP contribution in [0.2, 0.25) is 0 Å². The molecule has 3 heteroatoms. The first-order chi connectivity index (χ1) is 7.68. The lowest BCUT2D eigenvalue weighted by atomic mass is 10.0. The number of hydrogen-bond acceptors (Lipinski definition) is 2. The maximum absolute atomic E-state index is 10.7. The SMILES string of the molecule is [CH2]c1ccc([N+](=O)[O-])cc1-c1ccccc1. The van der Waals surface area contributed by atoms with Crippen LogP contribution in [0.15, 0.2) is 48.5 Å². The molecule has 16 heavy (non-hydrogen) atoms. The minimum atomic E-state index is -0.397. The summed E-state index contributed by atoms with van der Waals surface area (Å²) >= 11 is 0. The number of non-ortho nitro benzene ring substituents is 1. The fraction of sp³-hybridized carbons (Fsp3) is 0. The Morgan fingerprint density at radius 2 is 1.75 bits per heavy atom. The first-order valence-corrected chi connectivity index (χ1v) is 4.84. The van der Waals surface area contributed by atoms with E-state index in [1.165, 1.54) is 6.07 Å². The smallest absolute Gasteiger partial charge is 0.258 e. The van der Waals surface area contributed by atoms with Crippen molar-refractivity contribution in [3.63, 3.8) is 0 Å². The molecule has 1 radical (unpaired) electrons. The van der Waals surface area contributed by atoms with Gasteiger partial charge >= 0.3 is 0 Å². The topological polar surface area (TPSA) is 43.1 Å². The molecule has 0 N–H and O–H groups in total. The van der Waals surface area contributed by atoms with Crippen molar-refractivity contribution in [2.45, 2.75) is 0 Å². The van der Waals surface area contributed by atoms with Gasteiger partial charge in [-0.3, -0.25) is 10.1 Å². The van der Waals surface area contributed by atoms with Gasteiger partial charge in [0, 0.05) is 12.1 Å². The lowest BCUT2D eigenvalue weighted by Gasteiger charge is -2.05. The van der Waals surface area contributed by atoms with E-state index in [1.807, 2.05) is 30.3 Å². The molecule has 2 rings (SSSR count). The van der Waals surface area contributed by atoms with Crippen LogP contribution in [0.5, 0.6) is 0 Å². The molecule has 0 amide bonds. The second-order valence-corrected chi connectivity index (χ2v) is 3.46. The maximum atomic E-state index is 10.7. The van der Waals surface area contributed by atoms with Crippen LogP contribution in [0.25, 0.3) is 11.1 Å². The van der Waals surface area contributed by atoms with Crippen LogP contribution < -0.4 is 0 Å². The third-order valence-corrected chi connectivity index (χ3v) is 2.39. The quantitative estimate of drug-likeness (QED) is 0.565. The van der Waals surface area contributed by atoms with Crippen LogP contribution in [0, 0.1) is 17.0 Å². The van der Waals surface area contributed by atoms with Crippen molar-refractivity contribution in [2.24, 2.45) is 0 Å². The van der Waals surface area contributed by atoms with E-state index in [1.54, 1.807) is 12.1 Å². The van der Waals surface area contributed by atoms with E-state index in [9.17, 15) is 10.1 Å². The fourth-order valence-corrected chi connectivity index (χ4v) is 1.56. The minimum Gasteiger partial charge on any atom is -0.258 e. The van der Waals surface area contributed by atoms with E-state index >= 15 is 0 Å². The Hall–Kier alpha value is -2.16. The average Bonchev–Trinajstić information content (AvgIpc) is 2.30. The zero-order valence-electron chi connectivity index (χ0n) is 8.59. The molecule has 0 unspecified atom stereocenters. The first kappa shape index (κ1) is 10.4. The third-order valence-electron chi connectivity index (χ3n) is 2.39. The molecule has 2 aromatic carbocycles. The normalized spacial score (nSPS) is 10.1. The standard InChI is InChI=1S/C13H10NO2/c1-10-7-8-12(14(15)16)9-13(10)11-5-3-2-4-6-11/h2-9H,1H2. The zero-order valence-corrected chi connectivity index (χ0v) is 8.59. The van der Waals surface area contributed by atoms with Gasteiger partial charge < -0.3 is 0 Å². The first-order valence-electron chi connectivity index (χ1n) is 4.84. The van der Waals surface area contributed by atoms with Crippen molar-refractivity contribution in [1.29, 1.82) is 0 Å². The number of rotatable bonds is 2. The van der Waals surface area contributed by atoms with Gasteiger partial charge in [-0.1, -0.05) is 36.4 Å². The number of benzene rings is 2. The molecule has 0 bridgehead atoms.